The van der Waals surface area contributed by atoms with Gasteiger partial charge in [-0.05, 0) is 25.0 Å². The van der Waals surface area contributed by atoms with Gasteiger partial charge in [0.05, 0.1) is 12.1 Å². The predicted octanol–water partition coefficient (Wildman–Crippen LogP) is 2.54. The van der Waals surface area contributed by atoms with Crippen molar-refractivity contribution >= 4 is 11.0 Å². The van der Waals surface area contributed by atoms with Gasteiger partial charge < -0.3 is 14.9 Å². The summed E-state index contributed by atoms with van der Waals surface area (Å²) in [7, 11) is 1.79. The number of benzene rings is 1. The number of hydrogen-bond donors (Lipinski definition) is 1. The first-order valence-electron chi connectivity index (χ1n) is 7.27. The summed E-state index contributed by atoms with van der Waals surface area (Å²) >= 11 is 0. The van der Waals surface area contributed by atoms with E-state index >= 15 is 0 Å². The van der Waals surface area contributed by atoms with E-state index in [0.29, 0.717) is 12.6 Å². The number of fused-ring (bicyclic) bond motifs is 1. The Labute approximate surface area is 119 Å². The summed E-state index contributed by atoms with van der Waals surface area (Å²) in [5.74, 6) is 0.976. The van der Waals surface area contributed by atoms with Crippen molar-refractivity contribution < 1.29 is 9.15 Å². The maximum atomic E-state index is 5.99. The molecule has 0 saturated carbocycles. The van der Waals surface area contributed by atoms with Crippen LogP contribution in [0.1, 0.15) is 24.6 Å². The van der Waals surface area contributed by atoms with E-state index in [9.17, 15) is 0 Å². The molecule has 2 heterocycles. The average molecular weight is 274 g/mol. The molecule has 1 fully saturated rings. The molecule has 1 aliphatic heterocycles. The molecule has 1 saturated heterocycles. The number of rotatable bonds is 4. The van der Waals surface area contributed by atoms with Crippen molar-refractivity contribution in [1.82, 2.24) is 4.90 Å². The highest BCUT2D eigenvalue weighted by Gasteiger charge is 2.27. The fraction of sp³-hybridized carbons (Fsp3) is 0.500. The summed E-state index contributed by atoms with van der Waals surface area (Å²) in [6.45, 7) is 2.60. The van der Waals surface area contributed by atoms with Crippen LogP contribution in [0.15, 0.2) is 34.7 Å². The summed E-state index contributed by atoms with van der Waals surface area (Å²) in [6.07, 6.45) is 2.51. The summed E-state index contributed by atoms with van der Waals surface area (Å²) < 4.78 is 11.4. The van der Waals surface area contributed by atoms with E-state index in [2.05, 4.69) is 17.0 Å². The molecule has 3 rings (SSSR count). The lowest BCUT2D eigenvalue weighted by Crippen LogP contribution is -2.41. The SMILES string of the molecule is COC1CCN(C(CN)c2cc3ccccc3o2)CC1. The molecule has 1 aliphatic rings. The standard InChI is InChI=1S/C16H22N2O2/c1-19-13-6-8-18(9-7-13)14(11-17)16-10-12-4-2-3-5-15(12)20-16/h2-5,10,13-14H,6-9,11,17H2,1H3. The quantitative estimate of drug-likeness (QED) is 0.931. The maximum Gasteiger partial charge on any atom is 0.134 e. The number of likely N-dealkylation sites (tertiary alicyclic amines) is 1. The van der Waals surface area contributed by atoms with Crippen molar-refractivity contribution in [2.24, 2.45) is 5.73 Å². The molecular weight excluding hydrogens is 252 g/mol. The van der Waals surface area contributed by atoms with Gasteiger partial charge in [0.2, 0.25) is 0 Å². The van der Waals surface area contributed by atoms with E-state index in [4.69, 9.17) is 14.9 Å². The van der Waals surface area contributed by atoms with Crippen LogP contribution in [-0.4, -0.2) is 37.7 Å². The Bertz CT molecular complexity index is 525. The molecular formula is C16H22N2O2. The minimum atomic E-state index is 0.167. The Hall–Kier alpha value is -1.36. The van der Waals surface area contributed by atoms with Crippen molar-refractivity contribution in [2.45, 2.75) is 25.0 Å². The second-order valence-electron chi connectivity index (χ2n) is 5.41. The van der Waals surface area contributed by atoms with Crippen LogP contribution < -0.4 is 5.73 Å². The van der Waals surface area contributed by atoms with Crippen LogP contribution in [0.2, 0.25) is 0 Å². The first-order chi connectivity index (χ1) is 9.81. The molecule has 1 aromatic heterocycles. The number of nitrogens with zero attached hydrogens (tertiary/aromatic N) is 1. The fourth-order valence-electron chi connectivity index (χ4n) is 3.03. The zero-order valence-corrected chi connectivity index (χ0v) is 11.9. The predicted molar refractivity (Wildman–Crippen MR) is 79.6 cm³/mol. The number of furan rings is 1. The van der Waals surface area contributed by atoms with E-state index in [1.54, 1.807) is 7.11 Å². The van der Waals surface area contributed by atoms with Crippen LogP contribution in [0.3, 0.4) is 0 Å². The Balaban J connectivity index is 1.79. The first kappa shape index (κ1) is 13.6. The van der Waals surface area contributed by atoms with Gasteiger partial charge in [-0.3, -0.25) is 4.90 Å². The molecule has 0 spiro atoms. The van der Waals surface area contributed by atoms with Crippen LogP contribution in [0, 0.1) is 0 Å². The number of ether oxygens (including phenoxy) is 1. The van der Waals surface area contributed by atoms with Crippen molar-refractivity contribution in [3.63, 3.8) is 0 Å². The number of piperidine rings is 1. The topological polar surface area (TPSA) is 51.6 Å². The highest BCUT2D eigenvalue weighted by molar-refractivity contribution is 5.77. The number of nitrogens with two attached hydrogens (primary N) is 1. The molecule has 20 heavy (non-hydrogen) atoms. The lowest BCUT2D eigenvalue weighted by Gasteiger charge is -2.35. The lowest BCUT2D eigenvalue weighted by atomic mass is 10.0. The van der Waals surface area contributed by atoms with E-state index in [-0.39, 0.29) is 6.04 Å². The molecule has 1 unspecified atom stereocenters. The van der Waals surface area contributed by atoms with Crippen LogP contribution in [0.4, 0.5) is 0 Å². The zero-order chi connectivity index (χ0) is 13.9. The zero-order valence-electron chi connectivity index (χ0n) is 11.9. The van der Waals surface area contributed by atoms with Crippen LogP contribution in [0.5, 0.6) is 0 Å². The highest BCUT2D eigenvalue weighted by Crippen LogP contribution is 2.29. The Morgan fingerprint density at radius 2 is 2.10 bits per heavy atom. The maximum absolute atomic E-state index is 5.99. The van der Waals surface area contributed by atoms with E-state index < -0.39 is 0 Å². The van der Waals surface area contributed by atoms with Gasteiger partial charge in [0.25, 0.3) is 0 Å². The summed E-state index contributed by atoms with van der Waals surface area (Å²) in [6, 6.07) is 10.4. The monoisotopic (exact) mass is 274 g/mol. The molecule has 0 amide bonds. The molecule has 0 radical (unpaired) electrons. The molecule has 1 aromatic carbocycles. The Kier molecular flexibility index (Phi) is 4.05. The normalized spacial score (nSPS) is 19.5. The first-order valence-corrected chi connectivity index (χ1v) is 7.27. The van der Waals surface area contributed by atoms with E-state index in [0.717, 1.165) is 42.7 Å². The van der Waals surface area contributed by atoms with Crippen molar-refractivity contribution in [3.8, 4) is 0 Å². The molecule has 4 nitrogen and oxygen atoms in total. The fourth-order valence-corrected chi connectivity index (χ4v) is 3.03. The third kappa shape index (κ3) is 2.59. The van der Waals surface area contributed by atoms with Gasteiger partial charge in [0.1, 0.15) is 11.3 Å². The highest BCUT2D eigenvalue weighted by atomic mass is 16.5. The Morgan fingerprint density at radius 3 is 2.75 bits per heavy atom. The van der Waals surface area contributed by atoms with Crippen molar-refractivity contribution in [3.05, 3.63) is 36.1 Å². The summed E-state index contributed by atoms with van der Waals surface area (Å²) in [5.41, 5.74) is 6.93. The summed E-state index contributed by atoms with van der Waals surface area (Å²) in [5, 5.41) is 1.15. The molecule has 4 heteroatoms. The lowest BCUT2D eigenvalue weighted by molar-refractivity contribution is 0.0251. The second-order valence-corrected chi connectivity index (χ2v) is 5.41. The van der Waals surface area contributed by atoms with Crippen molar-refractivity contribution in [2.75, 3.05) is 26.7 Å². The van der Waals surface area contributed by atoms with Crippen LogP contribution in [0.25, 0.3) is 11.0 Å². The number of para-hydroxylation sites is 1. The van der Waals surface area contributed by atoms with Crippen molar-refractivity contribution in [1.29, 1.82) is 0 Å². The number of methoxy groups -OCH3 is 1. The third-order valence-corrected chi connectivity index (χ3v) is 4.25. The summed E-state index contributed by atoms with van der Waals surface area (Å²) in [4.78, 5) is 2.41. The van der Waals surface area contributed by atoms with Gasteiger partial charge in [-0.25, -0.2) is 0 Å². The molecule has 108 valence electrons. The van der Waals surface area contributed by atoms with Gasteiger partial charge in [-0.15, -0.1) is 0 Å². The third-order valence-electron chi connectivity index (χ3n) is 4.25. The molecule has 2 N–H and O–H groups in total. The van der Waals surface area contributed by atoms with E-state index in [1.165, 1.54) is 0 Å². The molecule has 0 bridgehead atoms. The minimum absolute atomic E-state index is 0.167. The van der Waals surface area contributed by atoms with Gasteiger partial charge >= 0.3 is 0 Å². The van der Waals surface area contributed by atoms with Gasteiger partial charge in [-0.2, -0.15) is 0 Å². The van der Waals surface area contributed by atoms with E-state index in [1.807, 2.05) is 18.2 Å². The Morgan fingerprint density at radius 1 is 1.35 bits per heavy atom. The molecule has 1 atom stereocenters. The molecule has 0 aliphatic carbocycles. The van der Waals surface area contributed by atoms with Gasteiger partial charge in [-0.1, -0.05) is 18.2 Å². The van der Waals surface area contributed by atoms with Crippen LogP contribution in [-0.2, 0) is 4.74 Å². The smallest absolute Gasteiger partial charge is 0.134 e. The minimum Gasteiger partial charge on any atom is -0.459 e. The molecule has 2 aromatic rings. The van der Waals surface area contributed by atoms with Crippen LogP contribution >= 0.6 is 0 Å². The van der Waals surface area contributed by atoms with Gasteiger partial charge in [0.15, 0.2) is 0 Å². The second kappa shape index (κ2) is 5.95. The largest absolute Gasteiger partial charge is 0.459 e. The van der Waals surface area contributed by atoms with Gasteiger partial charge in [0, 0.05) is 32.1 Å². The average Bonchev–Trinajstić information content (AvgIpc) is 2.92. The number of hydrogen-bond acceptors (Lipinski definition) is 4.